The minimum Gasteiger partial charge on any atom is -0.355 e. The third kappa shape index (κ3) is 4.83. The van der Waals surface area contributed by atoms with Crippen molar-refractivity contribution in [1.29, 1.82) is 5.26 Å². The Balaban J connectivity index is 4.02. The SMILES string of the molecule is CCNC(=O)CN(CC)C(C)CC#N. The smallest absolute Gasteiger partial charge is 0.234 e. The number of hydrogen-bond acceptors (Lipinski definition) is 3. The molecule has 0 aromatic heterocycles. The lowest BCUT2D eigenvalue weighted by molar-refractivity contribution is -0.122. The van der Waals surface area contributed by atoms with Gasteiger partial charge in [0.15, 0.2) is 0 Å². The second-order valence-electron chi connectivity index (χ2n) is 3.23. The van der Waals surface area contributed by atoms with E-state index in [1.54, 1.807) is 0 Å². The summed E-state index contributed by atoms with van der Waals surface area (Å²) in [6.45, 7) is 7.68. The van der Waals surface area contributed by atoms with Crippen LogP contribution in [0, 0.1) is 11.3 Å². The second-order valence-corrected chi connectivity index (χ2v) is 3.23. The van der Waals surface area contributed by atoms with E-state index < -0.39 is 0 Å². The molecular weight excluding hydrogens is 178 g/mol. The van der Waals surface area contributed by atoms with Crippen molar-refractivity contribution in [1.82, 2.24) is 10.2 Å². The average Bonchev–Trinajstić information content (AvgIpc) is 2.15. The highest BCUT2D eigenvalue weighted by Gasteiger charge is 2.14. The van der Waals surface area contributed by atoms with Crippen LogP contribution in [0.2, 0.25) is 0 Å². The van der Waals surface area contributed by atoms with Gasteiger partial charge in [-0.1, -0.05) is 6.92 Å². The van der Waals surface area contributed by atoms with Crippen molar-refractivity contribution in [3.8, 4) is 6.07 Å². The van der Waals surface area contributed by atoms with Crippen LogP contribution < -0.4 is 5.32 Å². The molecule has 1 unspecified atom stereocenters. The fourth-order valence-corrected chi connectivity index (χ4v) is 1.28. The maximum absolute atomic E-state index is 11.3. The zero-order valence-electron chi connectivity index (χ0n) is 9.21. The summed E-state index contributed by atoms with van der Waals surface area (Å²) >= 11 is 0. The van der Waals surface area contributed by atoms with E-state index in [2.05, 4.69) is 11.4 Å². The van der Waals surface area contributed by atoms with Gasteiger partial charge in [0.1, 0.15) is 0 Å². The van der Waals surface area contributed by atoms with Crippen LogP contribution in [0.5, 0.6) is 0 Å². The van der Waals surface area contributed by atoms with Crippen molar-refractivity contribution in [2.75, 3.05) is 19.6 Å². The largest absolute Gasteiger partial charge is 0.355 e. The topological polar surface area (TPSA) is 56.1 Å². The molecule has 0 radical (unpaired) electrons. The van der Waals surface area contributed by atoms with Crippen LogP contribution in [0.3, 0.4) is 0 Å². The Labute approximate surface area is 85.9 Å². The Bertz CT molecular complexity index is 210. The zero-order chi connectivity index (χ0) is 11.0. The van der Waals surface area contributed by atoms with Crippen molar-refractivity contribution in [2.45, 2.75) is 33.2 Å². The van der Waals surface area contributed by atoms with Crippen LogP contribution in [0.25, 0.3) is 0 Å². The van der Waals surface area contributed by atoms with E-state index in [-0.39, 0.29) is 11.9 Å². The Morgan fingerprint density at radius 3 is 2.64 bits per heavy atom. The molecule has 1 N–H and O–H groups in total. The molecule has 0 bridgehead atoms. The molecule has 80 valence electrons. The van der Waals surface area contributed by atoms with Gasteiger partial charge < -0.3 is 5.32 Å². The number of hydrogen-bond donors (Lipinski definition) is 1. The number of nitriles is 1. The molecule has 0 fully saturated rings. The van der Waals surface area contributed by atoms with E-state index in [0.717, 1.165) is 6.54 Å². The molecule has 0 aliphatic rings. The molecule has 0 aliphatic carbocycles. The van der Waals surface area contributed by atoms with E-state index in [9.17, 15) is 4.79 Å². The van der Waals surface area contributed by atoms with Crippen LogP contribution in [-0.2, 0) is 4.79 Å². The second kappa shape index (κ2) is 7.34. The molecule has 0 saturated carbocycles. The summed E-state index contributed by atoms with van der Waals surface area (Å²) < 4.78 is 0. The van der Waals surface area contributed by atoms with Crippen LogP contribution in [0.1, 0.15) is 27.2 Å². The first-order valence-corrected chi connectivity index (χ1v) is 5.03. The van der Waals surface area contributed by atoms with Crippen molar-refractivity contribution in [2.24, 2.45) is 0 Å². The molecule has 0 saturated heterocycles. The van der Waals surface area contributed by atoms with Crippen molar-refractivity contribution in [3.63, 3.8) is 0 Å². The van der Waals surface area contributed by atoms with Gasteiger partial charge in [-0.3, -0.25) is 9.69 Å². The van der Waals surface area contributed by atoms with Gasteiger partial charge >= 0.3 is 0 Å². The molecule has 0 heterocycles. The molecule has 4 nitrogen and oxygen atoms in total. The lowest BCUT2D eigenvalue weighted by Crippen LogP contribution is -2.41. The first-order chi connectivity index (χ1) is 6.65. The predicted octanol–water partition coefficient (Wildman–Crippen LogP) is 0.747. The van der Waals surface area contributed by atoms with Gasteiger partial charge in [-0.2, -0.15) is 5.26 Å². The maximum Gasteiger partial charge on any atom is 0.234 e. The Hall–Kier alpha value is -1.08. The Kier molecular flexibility index (Phi) is 6.77. The molecule has 0 aromatic carbocycles. The van der Waals surface area contributed by atoms with Gasteiger partial charge in [0.2, 0.25) is 5.91 Å². The van der Waals surface area contributed by atoms with E-state index in [1.807, 2.05) is 25.7 Å². The molecule has 4 heteroatoms. The fourth-order valence-electron chi connectivity index (χ4n) is 1.28. The molecule has 0 aliphatic heterocycles. The molecule has 0 aromatic rings. The lowest BCUT2D eigenvalue weighted by Gasteiger charge is -2.25. The van der Waals surface area contributed by atoms with E-state index in [0.29, 0.717) is 19.5 Å². The number of nitrogens with one attached hydrogen (secondary N) is 1. The van der Waals surface area contributed by atoms with Gasteiger partial charge in [-0.05, 0) is 20.4 Å². The first-order valence-electron chi connectivity index (χ1n) is 5.03. The summed E-state index contributed by atoms with van der Waals surface area (Å²) in [5.74, 6) is 0.0270. The van der Waals surface area contributed by atoms with Crippen LogP contribution in [0.15, 0.2) is 0 Å². The number of nitrogens with zero attached hydrogens (tertiary/aromatic N) is 2. The van der Waals surface area contributed by atoms with E-state index in [4.69, 9.17) is 5.26 Å². The summed E-state index contributed by atoms with van der Waals surface area (Å²) in [5, 5.41) is 11.3. The van der Waals surface area contributed by atoms with E-state index >= 15 is 0 Å². The minimum atomic E-state index is 0.0270. The number of carbonyl (C=O) groups is 1. The first kappa shape index (κ1) is 12.9. The van der Waals surface area contributed by atoms with Crippen LogP contribution >= 0.6 is 0 Å². The summed E-state index contributed by atoms with van der Waals surface area (Å²) in [4.78, 5) is 13.3. The molecule has 1 amide bonds. The predicted molar refractivity (Wildman–Crippen MR) is 55.6 cm³/mol. The van der Waals surface area contributed by atoms with Crippen molar-refractivity contribution < 1.29 is 4.79 Å². The van der Waals surface area contributed by atoms with Gasteiger partial charge in [0.25, 0.3) is 0 Å². The van der Waals surface area contributed by atoms with Crippen molar-refractivity contribution >= 4 is 5.91 Å². The quantitative estimate of drug-likeness (QED) is 0.683. The monoisotopic (exact) mass is 197 g/mol. The molecule has 14 heavy (non-hydrogen) atoms. The number of likely N-dealkylation sites (N-methyl/N-ethyl adjacent to an activating group) is 2. The van der Waals surface area contributed by atoms with Gasteiger partial charge in [-0.25, -0.2) is 0 Å². The molecule has 0 rings (SSSR count). The lowest BCUT2D eigenvalue weighted by atomic mass is 10.2. The Morgan fingerprint density at radius 1 is 1.57 bits per heavy atom. The summed E-state index contributed by atoms with van der Waals surface area (Å²) in [5.41, 5.74) is 0. The summed E-state index contributed by atoms with van der Waals surface area (Å²) in [6, 6.07) is 2.26. The number of amides is 1. The zero-order valence-corrected chi connectivity index (χ0v) is 9.21. The third-order valence-electron chi connectivity index (χ3n) is 2.14. The third-order valence-corrected chi connectivity index (χ3v) is 2.14. The number of carbonyl (C=O) groups excluding carboxylic acids is 1. The average molecular weight is 197 g/mol. The molecular formula is C10H19N3O. The normalized spacial score (nSPS) is 12.2. The van der Waals surface area contributed by atoms with Crippen molar-refractivity contribution in [3.05, 3.63) is 0 Å². The standard InChI is InChI=1S/C10H19N3O/c1-4-12-10(14)8-13(5-2)9(3)6-7-11/h9H,4-6,8H2,1-3H3,(H,12,14). The van der Waals surface area contributed by atoms with Gasteiger partial charge in [0, 0.05) is 12.6 Å². The number of rotatable bonds is 6. The van der Waals surface area contributed by atoms with Crippen LogP contribution in [0.4, 0.5) is 0 Å². The summed E-state index contributed by atoms with van der Waals surface area (Å²) in [7, 11) is 0. The Morgan fingerprint density at radius 2 is 2.21 bits per heavy atom. The highest BCUT2D eigenvalue weighted by Crippen LogP contribution is 2.01. The minimum absolute atomic E-state index is 0.0270. The van der Waals surface area contributed by atoms with Crippen LogP contribution in [-0.4, -0.2) is 36.5 Å². The van der Waals surface area contributed by atoms with Gasteiger partial charge in [0.05, 0.1) is 19.0 Å². The van der Waals surface area contributed by atoms with Gasteiger partial charge in [-0.15, -0.1) is 0 Å². The molecule has 0 spiro atoms. The fraction of sp³-hybridized carbons (Fsp3) is 0.800. The van der Waals surface area contributed by atoms with E-state index in [1.165, 1.54) is 0 Å². The maximum atomic E-state index is 11.3. The highest BCUT2D eigenvalue weighted by atomic mass is 16.2. The summed E-state index contributed by atoms with van der Waals surface area (Å²) in [6.07, 6.45) is 0.466. The molecule has 1 atom stereocenters. The highest BCUT2D eigenvalue weighted by molar-refractivity contribution is 5.77.